The second kappa shape index (κ2) is 11.2. The smallest absolute Gasteiger partial charge is 0.227 e. The van der Waals surface area contributed by atoms with E-state index < -0.39 is 0 Å². The molecule has 0 atom stereocenters. The van der Waals surface area contributed by atoms with Crippen LogP contribution in [-0.4, -0.2) is 4.98 Å². The molecule has 0 fully saturated rings. The number of nitrogens with zero attached hydrogens (tertiary/aromatic N) is 2. The third-order valence-electron chi connectivity index (χ3n) is 9.49. The van der Waals surface area contributed by atoms with Gasteiger partial charge in [0.15, 0.2) is 5.58 Å². The van der Waals surface area contributed by atoms with E-state index in [-0.39, 0.29) is 0 Å². The van der Waals surface area contributed by atoms with Crippen molar-refractivity contribution >= 4 is 81.2 Å². The quantitative estimate of drug-likeness (QED) is 0.175. The SMILES string of the molecule is c1ccc(N(c2ccc(-c3nc4ccc5ccc6ccccc6c5c4o3)cc2)c2ccc(-c3cccc4c3sc3ccccc34)cc2)cc1. The van der Waals surface area contributed by atoms with Gasteiger partial charge in [0.1, 0.15) is 5.52 Å². The van der Waals surface area contributed by atoms with Gasteiger partial charge < -0.3 is 9.32 Å². The van der Waals surface area contributed by atoms with Crippen molar-refractivity contribution in [1.29, 1.82) is 0 Å². The van der Waals surface area contributed by atoms with Gasteiger partial charge in [-0.1, -0.05) is 109 Å². The Morgan fingerprint density at radius 3 is 1.92 bits per heavy atom. The number of anilines is 3. The van der Waals surface area contributed by atoms with Crippen molar-refractivity contribution in [3.8, 4) is 22.6 Å². The van der Waals surface area contributed by atoms with Gasteiger partial charge in [-0.15, -0.1) is 11.3 Å². The van der Waals surface area contributed by atoms with Crippen LogP contribution in [0.5, 0.6) is 0 Å². The molecule has 0 radical (unpaired) electrons. The van der Waals surface area contributed by atoms with E-state index in [1.54, 1.807) is 0 Å². The largest absolute Gasteiger partial charge is 0.435 e. The normalized spacial score (nSPS) is 11.7. The molecule has 0 bridgehead atoms. The van der Waals surface area contributed by atoms with E-state index in [0.717, 1.165) is 44.5 Å². The zero-order valence-electron chi connectivity index (χ0n) is 26.4. The number of aromatic nitrogens is 1. The number of para-hydroxylation sites is 1. The summed E-state index contributed by atoms with van der Waals surface area (Å²) in [7, 11) is 0. The summed E-state index contributed by atoms with van der Waals surface area (Å²) < 4.78 is 9.17. The van der Waals surface area contributed by atoms with Crippen LogP contribution in [0.25, 0.3) is 75.4 Å². The van der Waals surface area contributed by atoms with Crippen LogP contribution in [0.4, 0.5) is 17.1 Å². The van der Waals surface area contributed by atoms with Gasteiger partial charge >= 0.3 is 0 Å². The molecule has 230 valence electrons. The van der Waals surface area contributed by atoms with Crippen LogP contribution in [0.3, 0.4) is 0 Å². The first-order valence-electron chi connectivity index (χ1n) is 16.5. The monoisotopic (exact) mass is 644 g/mol. The average molecular weight is 645 g/mol. The summed E-state index contributed by atoms with van der Waals surface area (Å²) >= 11 is 1.87. The van der Waals surface area contributed by atoms with Gasteiger partial charge in [-0.25, -0.2) is 4.98 Å². The molecule has 10 aromatic rings. The van der Waals surface area contributed by atoms with Crippen molar-refractivity contribution < 1.29 is 4.42 Å². The zero-order valence-corrected chi connectivity index (χ0v) is 27.2. The summed E-state index contributed by atoms with van der Waals surface area (Å²) in [4.78, 5) is 7.22. The molecule has 0 aliphatic rings. The maximum absolute atomic E-state index is 6.53. The van der Waals surface area contributed by atoms with Crippen molar-refractivity contribution in [2.75, 3.05) is 4.90 Å². The molecule has 0 unspecified atom stereocenters. The minimum Gasteiger partial charge on any atom is -0.435 e. The van der Waals surface area contributed by atoms with Gasteiger partial charge in [0.2, 0.25) is 5.89 Å². The molecule has 49 heavy (non-hydrogen) atoms. The second-order valence-electron chi connectivity index (χ2n) is 12.4. The van der Waals surface area contributed by atoms with Gasteiger partial charge in [0, 0.05) is 48.2 Å². The van der Waals surface area contributed by atoms with E-state index in [1.165, 1.54) is 42.1 Å². The van der Waals surface area contributed by atoms with E-state index >= 15 is 0 Å². The lowest BCUT2D eigenvalue weighted by Gasteiger charge is -2.25. The van der Waals surface area contributed by atoms with E-state index in [2.05, 4.69) is 175 Å². The first-order chi connectivity index (χ1) is 24.3. The minimum absolute atomic E-state index is 0.619. The van der Waals surface area contributed by atoms with Crippen LogP contribution in [0.15, 0.2) is 174 Å². The van der Waals surface area contributed by atoms with Crippen LogP contribution in [0.1, 0.15) is 0 Å². The second-order valence-corrected chi connectivity index (χ2v) is 13.4. The van der Waals surface area contributed by atoms with Gasteiger partial charge in [-0.2, -0.15) is 0 Å². The predicted octanol–water partition coefficient (Wildman–Crippen LogP) is 13.3. The Morgan fingerprint density at radius 2 is 1.10 bits per heavy atom. The van der Waals surface area contributed by atoms with Crippen LogP contribution < -0.4 is 4.90 Å². The van der Waals surface area contributed by atoms with E-state index in [0.29, 0.717) is 5.89 Å². The Balaban J connectivity index is 1.03. The van der Waals surface area contributed by atoms with Crippen molar-refractivity contribution in [2.45, 2.75) is 0 Å². The van der Waals surface area contributed by atoms with Gasteiger partial charge in [0.05, 0.1) is 0 Å². The molecule has 10 rings (SSSR count). The summed E-state index contributed by atoms with van der Waals surface area (Å²) in [5.74, 6) is 0.619. The molecule has 0 saturated heterocycles. The maximum atomic E-state index is 6.53. The molecule has 0 N–H and O–H groups in total. The highest BCUT2D eigenvalue weighted by atomic mass is 32.1. The topological polar surface area (TPSA) is 29.3 Å². The molecule has 2 heterocycles. The Bertz CT molecular complexity index is 2810. The highest BCUT2D eigenvalue weighted by molar-refractivity contribution is 7.26. The summed E-state index contributed by atoms with van der Waals surface area (Å²) in [6.45, 7) is 0. The van der Waals surface area contributed by atoms with Crippen molar-refractivity contribution in [1.82, 2.24) is 4.98 Å². The first kappa shape index (κ1) is 27.8. The molecule has 0 aliphatic heterocycles. The van der Waals surface area contributed by atoms with Gasteiger partial charge in [0.25, 0.3) is 0 Å². The summed E-state index contributed by atoms with van der Waals surface area (Å²) in [6, 6.07) is 60.2. The maximum Gasteiger partial charge on any atom is 0.227 e. The van der Waals surface area contributed by atoms with Gasteiger partial charge in [-0.05, 0) is 87.9 Å². The fourth-order valence-electron chi connectivity index (χ4n) is 7.14. The number of rotatable bonds is 5. The molecular formula is C45H28N2OS. The fraction of sp³-hybridized carbons (Fsp3) is 0. The lowest BCUT2D eigenvalue weighted by Crippen LogP contribution is -2.09. The van der Waals surface area contributed by atoms with Crippen LogP contribution in [0.2, 0.25) is 0 Å². The number of thiophene rings is 1. The Labute approximate surface area is 286 Å². The van der Waals surface area contributed by atoms with E-state index in [9.17, 15) is 0 Å². The molecule has 2 aromatic heterocycles. The summed E-state index contributed by atoms with van der Waals surface area (Å²) in [5, 5.41) is 7.25. The molecule has 0 spiro atoms. The molecule has 3 nitrogen and oxygen atoms in total. The highest BCUT2D eigenvalue weighted by Gasteiger charge is 2.17. The number of benzene rings is 8. The molecule has 0 aliphatic carbocycles. The van der Waals surface area contributed by atoms with Crippen LogP contribution >= 0.6 is 11.3 Å². The fourth-order valence-corrected chi connectivity index (χ4v) is 8.38. The molecule has 0 amide bonds. The molecular weight excluding hydrogens is 617 g/mol. The molecule has 4 heteroatoms. The van der Waals surface area contributed by atoms with Crippen molar-refractivity contribution in [2.24, 2.45) is 0 Å². The Hall–Kier alpha value is -6.23. The lowest BCUT2D eigenvalue weighted by molar-refractivity contribution is 0.623. The van der Waals surface area contributed by atoms with Crippen LogP contribution in [0, 0.1) is 0 Å². The molecule has 0 saturated carbocycles. The Kier molecular flexibility index (Phi) is 6.36. The average Bonchev–Trinajstić information content (AvgIpc) is 3.78. The number of hydrogen-bond donors (Lipinski definition) is 0. The predicted molar refractivity (Wildman–Crippen MR) is 207 cm³/mol. The standard InChI is InChI=1S/C45H28N2OS/c1-2-10-33(11-3-1)47(34-24-19-30(20-25-34)37-14-8-15-39-38-13-6-7-16-41(38)49-44(37)39)35-26-21-32(22-27-35)45-46-40-28-23-31-18-17-29-9-4-5-12-36(29)42(31)43(40)48-45/h1-28H. The van der Waals surface area contributed by atoms with E-state index in [4.69, 9.17) is 9.40 Å². The number of hydrogen-bond acceptors (Lipinski definition) is 4. The number of oxazole rings is 1. The zero-order chi connectivity index (χ0) is 32.3. The highest BCUT2D eigenvalue weighted by Crippen LogP contribution is 2.42. The summed E-state index contributed by atoms with van der Waals surface area (Å²) in [5.41, 5.74) is 8.34. The van der Waals surface area contributed by atoms with E-state index in [1.807, 2.05) is 11.3 Å². The third kappa shape index (κ3) is 4.61. The lowest BCUT2D eigenvalue weighted by atomic mass is 10.0. The number of fused-ring (bicyclic) bond motifs is 8. The first-order valence-corrected chi connectivity index (χ1v) is 17.3. The Morgan fingerprint density at radius 1 is 0.469 bits per heavy atom. The summed E-state index contributed by atoms with van der Waals surface area (Å²) in [6.07, 6.45) is 0. The third-order valence-corrected chi connectivity index (χ3v) is 10.7. The molecule has 8 aromatic carbocycles. The van der Waals surface area contributed by atoms with Crippen LogP contribution in [-0.2, 0) is 0 Å². The van der Waals surface area contributed by atoms with Crippen molar-refractivity contribution in [3.63, 3.8) is 0 Å². The van der Waals surface area contributed by atoms with Crippen molar-refractivity contribution in [3.05, 3.63) is 170 Å². The van der Waals surface area contributed by atoms with Gasteiger partial charge in [-0.3, -0.25) is 0 Å². The minimum atomic E-state index is 0.619.